The van der Waals surface area contributed by atoms with Crippen molar-refractivity contribution in [2.24, 2.45) is 10.9 Å². The van der Waals surface area contributed by atoms with Gasteiger partial charge in [-0.2, -0.15) is 0 Å². The molecular formula is C13H16N4O2. The minimum absolute atomic E-state index is 0.0861. The maximum absolute atomic E-state index is 12.2. The lowest BCUT2D eigenvalue weighted by Gasteiger charge is -2.26. The lowest BCUT2D eigenvalue weighted by Crippen LogP contribution is -2.47. The highest BCUT2D eigenvalue weighted by atomic mass is 16.5. The first-order valence-electron chi connectivity index (χ1n) is 6.68. The van der Waals surface area contributed by atoms with Gasteiger partial charge in [-0.15, -0.1) is 0 Å². The van der Waals surface area contributed by atoms with Crippen LogP contribution in [0.1, 0.15) is 6.42 Å². The Labute approximate surface area is 111 Å². The first-order valence-corrected chi connectivity index (χ1v) is 6.68. The van der Waals surface area contributed by atoms with Crippen LogP contribution in [-0.4, -0.2) is 53.9 Å². The zero-order valence-electron chi connectivity index (χ0n) is 10.6. The number of rotatable bonds is 1. The summed E-state index contributed by atoms with van der Waals surface area (Å²) in [6.45, 7) is 3.63. The second kappa shape index (κ2) is 4.09. The van der Waals surface area contributed by atoms with Gasteiger partial charge in [-0.1, -0.05) is 0 Å². The molecule has 4 rings (SSSR count). The molecule has 4 heterocycles. The number of piperidine rings is 1. The van der Waals surface area contributed by atoms with Gasteiger partial charge in [-0.3, -0.25) is 4.90 Å². The minimum Gasteiger partial charge on any atom is -0.468 e. The number of allylic oxidation sites excluding steroid dienone is 1. The highest BCUT2D eigenvalue weighted by molar-refractivity contribution is 6.09. The fourth-order valence-electron chi connectivity index (χ4n) is 3.19. The Morgan fingerprint density at radius 1 is 1.47 bits per heavy atom. The zero-order valence-corrected chi connectivity index (χ0v) is 10.6. The van der Waals surface area contributed by atoms with Gasteiger partial charge in [-0.25, -0.2) is 9.79 Å². The van der Waals surface area contributed by atoms with Crippen LogP contribution < -0.4 is 5.32 Å². The molecule has 4 aliphatic rings. The third-order valence-electron chi connectivity index (χ3n) is 4.23. The van der Waals surface area contributed by atoms with Gasteiger partial charge in [0.15, 0.2) is 12.5 Å². The van der Waals surface area contributed by atoms with E-state index in [1.807, 2.05) is 6.08 Å². The number of aliphatic imine (C=N–C) groups is 1. The minimum atomic E-state index is -0.0861. The molecular weight excluding hydrogens is 244 g/mol. The van der Waals surface area contributed by atoms with Crippen LogP contribution in [0.25, 0.3) is 0 Å². The number of carbonyl (C=O) groups is 1. The molecule has 19 heavy (non-hydrogen) atoms. The third-order valence-corrected chi connectivity index (χ3v) is 4.23. The van der Waals surface area contributed by atoms with E-state index in [0.717, 1.165) is 18.8 Å². The Hall–Kier alpha value is -1.82. The molecule has 6 nitrogen and oxygen atoms in total. The number of ether oxygens (including phenoxy) is 1. The molecule has 2 bridgehead atoms. The number of hydrogen-bond acceptors (Lipinski definition) is 4. The molecule has 3 atom stereocenters. The van der Waals surface area contributed by atoms with Crippen LogP contribution in [0, 0.1) is 5.92 Å². The molecule has 0 aliphatic carbocycles. The second-order valence-electron chi connectivity index (χ2n) is 5.40. The lowest BCUT2D eigenvalue weighted by molar-refractivity contribution is 0.211. The Morgan fingerprint density at radius 2 is 2.42 bits per heavy atom. The van der Waals surface area contributed by atoms with Gasteiger partial charge in [0, 0.05) is 25.3 Å². The highest BCUT2D eigenvalue weighted by Gasteiger charge is 2.39. The highest BCUT2D eigenvalue weighted by Crippen LogP contribution is 2.28. The number of amides is 2. The summed E-state index contributed by atoms with van der Waals surface area (Å²) >= 11 is 0. The SMILES string of the molecule is O=C(NC1CN2CCC1C2)N1C=CC2=NCOC2=C1. The van der Waals surface area contributed by atoms with Crippen molar-refractivity contribution in [1.82, 2.24) is 15.1 Å². The van der Waals surface area contributed by atoms with Crippen LogP contribution in [0.15, 0.2) is 29.2 Å². The number of fused-ring (bicyclic) bond motifs is 3. The molecule has 100 valence electrons. The normalized spacial score (nSPS) is 34.7. The van der Waals surface area contributed by atoms with Crippen LogP contribution in [0.3, 0.4) is 0 Å². The topological polar surface area (TPSA) is 57.2 Å². The molecule has 2 amide bonds. The van der Waals surface area contributed by atoms with Crippen LogP contribution in [-0.2, 0) is 4.74 Å². The van der Waals surface area contributed by atoms with E-state index in [1.165, 1.54) is 13.0 Å². The van der Waals surface area contributed by atoms with E-state index in [1.54, 1.807) is 17.3 Å². The lowest BCUT2D eigenvalue weighted by atomic mass is 10.0. The number of hydrogen-bond donors (Lipinski definition) is 1. The summed E-state index contributed by atoms with van der Waals surface area (Å²) in [5.74, 6) is 1.29. The maximum atomic E-state index is 12.2. The standard InChI is InChI=1S/C13H16N4O2/c18-13(15-11-6-16-3-1-9(11)5-16)17-4-2-10-12(7-17)19-8-14-10/h2,4,7,9,11H,1,3,5-6,8H2,(H,15,18). The Kier molecular flexibility index (Phi) is 2.38. The van der Waals surface area contributed by atoms with Crippen LogP contribution >= 0.6 is 0 Å². The van der Waals surface area contributed by atoms with Crippen LogP contribution in [0.2, 0.25) is 0 Å². The first kappa shape index (κ1) is 11.0. The van der Waals surface area contributed by atoms with Gasteiger partial charge in [0.2, 0.25) is 0 Å². The average molecular weight is 260 g/mol. The molecule has 0 aromatic heterocycles. The summed E-state index contributed by atoms with van der Waals surface area (Å²) in [4.78, 5) is 20.3. The van der Waals surface area contributed by atoms with Crippen molar-refractivity contribution in [3.05, 3.63) is 24.2 Å². The van der Waals surface area contributed by atoms with Gasteiger partial charge in [0.1, 0.15) is 5.71 Å². The van der Waals surface area contributed by atoms with Crippen molar-refractivity contribution in [3.63, 3.8) is 0 Å². The Morgan fingerprint density at radius 3 is 3.21 bits per heavy atom. The summed E-state index contributed by atoms with van der Waals surface area (Å²) < 4.78 is 5.33. The molecule has 0 spiro atoms. The molecule has 2 fully saturated rings. The number of urea groups is 1. The second-order valence-corrected chi connectivity index (χ2v) is 5.40. The number of carbonyl (C=O) groups excluding carboxylic acids is 1. The predicted octanol–water partition coefficient (Wildman–Crippen LogP) is 0.499. The summed E-state index contributed by atoms with van der Waals surface area (Å²) in [7, 11) is 0. The maximum Gasteiger partial charge on any atom is 0.325 e. The quantitative estimate of drug-likeness (QED) is 0.747. The van der Waals surface area contributed by atoms with E-state index < -0.39 is 0 Å². The van der Waals surface area contributed by atoms with Gasteiger partial charge in [0.05, 0.1) is 6.20 Å². The number of nitrogens with zero attached hydrogens (tertiary/aromatic N) is 3. The van der Waals surface area contributed by atoms with E-state index in [9.17, 15) is 4.79 Å². The van der Waals surface area contributed by atoms with E-state index in [0.29, 0.717) is 18.4 Å². The first-order chi connectivity index (χ1) is 9.29. The van der Waals surface area contributed by atoms with E-state index >= 15 is 0 Å². The largest absolute Gasteiger partial charge is 0.468 e. The Balaban J connectivity index is 1.43. The smallest absolute Gasteiger partial charge is 0.325 e. The van der Waals surface area contributed by atoms with Gasteiger partial charge >= 0.3 is 6.03 Å². The molecule has 0 aromatic rings. The monoisotopic (exact) mass is 260 g/mol. The molecule has 0 aromatic carbocycles. The summed E-state index contributed by atoms with van der Waals surface area (Å²) in [6.07, 6.45) is 6.45. The summed E-state index contributed by atoms with van der Waals surface area (Å²) in [5.41, 5.74) is 0.815. The van der Waals surface area contributed by atoms with E-state index in [4.69, 9.17) is 4.74 Å². The van der Waals surface area contributed by atoms with Crippen molar-refractivity contribution < 1.29 is 9.53 Å². The fourth-order valence-corrected chi connectivity index (χ4v) is 3.19. The molecule has 6 heteroatoms. The van der Waals surface area contributed by atoms with Crippen molar-refractivity contribution in [3.8, 4) is 0 Å². The molecule has 3 unspecified atom stereocenters. The molecule has 0 radical (unpaired) electrons. The zero-order chi connectivity index (χ0) is 12.8. The van der Waals surface area contributed by atoms with Crippen LogP contribution in [0.4, 0.5) is 4.79 Å². The van der Waals surface area contributed by atoms with Crippen LogP contribution in [0.5, 0.6) is 0 Å². The van der Waals surface area contributed by atoms with E-state index in [-0.39, 0.29) is 12.1 Å². The average Bonchev–Trinajstić information content (AvgIpc) is 3.13. The van der Waals surface area contributed by atoms with Crippen molar-refractivity contribution >= 4 is 11.7 Å². The predicted molar refractivity (Wildman–Crippen MR) is 69.3 cm³/mol. The molecule has 4 aliphatic heterocycles. The third kappa shape index (κ3) is 1.83. The Bertz CT molecular complexity index is 511. The number of nitrogens with one attached hydrogen (secondary N) is 1. The van der Waals surface area contributed by atoms with Crippen molar-refractivity contribution in [1.29, 1.82) is 0 Å². The summed E-state index contributed by atoms with van der Waals surface area (Å²) in [6, 6.07) is 0.199. The summed E-state index contributed by atoms with van der Waals surface area (Å²) in [5, 5.41) is 3.11. The van der Waals surface area contributed by atoms with Crippen molar-refractivity contribution in [2.45, 2.75) is 12.5 Å². The van der Waals surface area contributed by atoms with Crippen molar-refractivity contribution in [2.75, 3.05) is 26.4 Å². The van der Waals surface area contributed by atoms with E-state index in [2.05, 4.69) is 15.2 Å². The molecule has 2 saturated heterocycles. The molecule has 0 saturated carbocycles. The molecule has 1 N–H and O–H groups in total. The van der Waals surface area contributed by atoms with Gasteiger partial charge < -0.3 is 15.0 Å². The van der Waals surface area contributed by atoms with Gasteiger partial charge in [-0.05, 0) is 25.0 Å². The van der Waals surface area contributed by atoms with Gasteiger partial charge in [0.25, 0.3) is 0 Å². The fraction of sp³-hybridized carbons (Fsp3) is 0.538.